The van der Waals surface area contributed by atoms with Crippen LogP contribution in [0, 0.1) is 6.92 Å². The summed E-state index contributed by atoms with van der Waals surface area (Å²) in [5, 5.41) is 3.79. The van der Waals surface area contributed by atoms with E-state index in [-0.39, 0.29) is 24.3 Å². The van der Waals surface area contributed by atoms with Crippen LogP contribution in [0.4, 0.5) is 0 Å². The van der Waals surface area contributed by atoms with Crippen molar-refractivity contribution in [1.29, 1.82) is 0 Å². The van der Waals surface area contributed by atoms with Crippen LogP contribution >= 0.6 is 11.6 Å². The molecule has 1 saturated carbocycles. The van der Waals surface area contributed by atoms with E-state index in [4.69, 9.17) is 11.6 Å². The van der Waals surface area contributed by atoms with Crippen LogP contribution in [-0.2, 0) is 22.6 Å². The zero-order valence-corrected chi connectivity index (χ0v) is 18.6. The van der Waals surface area contributed by atoms with Crippen LogP contribution in [0.25, 0.3) is 0 Å². The van der Waals surface area contributed by atoms with Gasteiger partial charge in [-0.05, 0) is 49.4 Å². The van der Waals surface area contributed by atoms with Gasteiger partial charge in [0.25, 0.3) is 0 Å². The number of rotatable bonds is 8. The number of benzene rings is 2. The van der Waals surface area contributed by atoms with Gasteiger partial charge in [0, 0.05) is 17.6 Å². The fraction of sp³-hybridized carbons (Fsp3) is 0.440. The molecule has 0 saturated heterocycles. The smallest absolute Gasteiger partial charge is 0.243 e. The molecule has 1 atom stereocenters. The first-order valence-corrected chi connectivity index (χ1v) is 11.2. The monoisotopic (exact) mass is 426 g/mol. The number of hydrogen-bond acceptors (Lipinski definition) is 2. The van der Waals surface area contributed by atoms with Gasteiger partial charge in [-0.25, -0.2) is 0 Å². The first-order chi connectivity index (χ1) is 14.5. The molecule has 4 nitrogen and oxygen atoms in total. The highest BCUT2D eigenvalue weighted by atomic mass is 35.5. The molecule has 0 aromatic heterocycles. The summed E-state index contributed by atoms with van der Waals surface area (Å²) in [7, 11) is 0. The molecule has 30 heavy (non-hydrogen) atoms. The highest BCUT2D eigenvalue weighted by Gasteiger charge is 2.30. The largest absolute Gasteiger partial charge is 0.352 e. The molecule has 0 heterocycles. The van der Waals surface area contributed by atoms with Crippen molar-refractivity contribution in [3.8, 4) is 0 Å². The SMILES string of the molecule is CC[C@@H](C(=O)NC1CCCC1)N(Cc1ccc(C)cc1)C(=O)Cc1cccc(Cl)c1. The van der Waals surface area contributed by atoms with E-state index < -0.39 is 6.04 Å². The van der Waals surface area contributed by atoms with Gasteiger partial charge in [0.2, 0.25) is 11.8 Å². The molecule has 1 aliphatic carbocycles. The van der Waals surface area contributed by atoms with Gasteiger partial charge < -0.3 is 10.2 Å². The fourth-order valence-electron chi connectivity index (χ4n) is 4.10. The molecule has 3 rings (SSSR count). The van der Waals surface area contributed by atoms with Crippen molar-refractivity contribution in [3.63, 3.8) is 0 Å². The summed E-state index contributed by atoms with van der Waals surface area (Å²) >= 11 is 6.10. The Kier molecular flexibility index (Phi) is 7.92. The highest BCUT2D eigenvalue weighted by molar-refractivity contribution is 6.30. The molecule has 0 spiro atoms. The van der Waals surface area contributed by atoms with E-state index in [1.165, 1.54) is 5.56 Å². The highest BCUT2D eigenvalue weighted by Crippen LogP contribution is 2.20. The summed E-state index contributed by atoms with van der Waals surface area (Å²) in [6.07, 6.45) is 5.16. The van der Waals surface area contributed by atoms with Gasteiger partial charge in [0.1, 0.15) is 6.04 Å². The van der Waals surface area contributed by atoms with Crippen LogP contribution in [0.2, 0.25) is 5.02 Å². The second kappa shape index (κ2) is 10.6. The van der Waals surface area contributed by atoms with E-state index in [1.807, 2.05) is 56.3 Å². The summed E-state index contributed by atoms with van der Waals surface area (Å²) in [5.74, 6) is -0.109. The standard InChI is InChI=1S/C25H31ClN2O2/c1-3-23(25(30)27-22-9-4-5-10-22)28(17-19-13-11-18(2)12-14-19)24(29)16-20-7-6-8-21(26)15-20/h6-8,11-15,22-23H,3-5,9-10,16-17H2,1-2H3,(H,27,30)/t23-/m0/s1. The first-order valence-electron chi connectivity index (χ1n) is 10.9. The number of amides is 2. The maximum absolute atomic E-state index is 13.3. The van der Waals surface area contributed by atoms with Crippen molar-refractivity contribution in [2.24, 2.45) is 0 Å². The number of nitrogens with one attached hydrogen (secondary N) is 1. The Morgan fingerprint density at radius 2 is 1.80 bits per heavy atom. The maximum Gasteiger partial charge on any atom is 0.243 e. The van der Waals surface area contributed by atoms with Crippen molar-refractivity contribution in [2.75, 3.05) is 0 Å². The van der Waals surface area contributed by atoms with Crippen molar-refractivity contribution < 1.29 is 9.59 Å². The molecule has 160 valence electrons. The lowest BCUT2D eigenvalue weighted by Crippen LogP contribution is -2.51. The Hall–Kier alpha value is -2.33. The number of carbonyl (C=O) groups excluding carboxylic acids is 2. The van der Waals surface area contributed by atoms with Gasteiger partial charge in [-0.2, -0.15) is 0 Å². The van der Waals surface area contributed by atoms with Gasteiger partial charge in [-0.15, -0.1) is 0 Å². The van der Waals surface area contributed by atoms with Crippen molar-refractivity contribution in [2.45, 2.75) is 71.0 Å². The molecular formula is C25H31ClN2O2. The Balaban J connectivity index is 1.81. The molecule has 5 heteroatoms. The second-order valence-electron chi connectivity index (χ2n) is 8.23. The number of aryl methyl sites for hydroxylation is 1. The van der Waals surface area contributed by atoms with Gasteiger partial charge in [-0.3, -0.25) is 9.59 Å². The zero-order chi connectivity index (χ0) is 21.5. The Bertz CT molecular complexity index is 860. The topological polar surface area (TPSA) is 49.4 Å². The average molecular weight is 427 g/mol. The molecule has 2 amide bonds. The fourth-order valence-corrected chi connectivity index (χ4v) is 4.31. The molecule has 2 aromatic carbocycles. The molecule has 1 fully saturated rings. The summed E-state index contributed by atoms with van der Waals surface area (Å²) in [6, 6.07) is 15.2. The third kappa shape index (κ3) is 6.09. The van der Waals surface area contributed by atoms with E-state index in [0.717, 1.165) is 36.8 Å². The molecule has 0 aliphatic heterocycles. The van der Waals surface area contributed by atoms with Crippen molar-refractivity contribution in [1.82, 2.24) is 10.2 Å². The zero-order valence-electron chi connectivity index (χ0n) is 17.9. The lowest BCUT2D eigenvalue weighted by Gasteiger charge is -2.31. The minimum absolute atomic E-state index is 0.0454. The van der Waals surface area contributed by atoms with Crippen LogP contribution in [0.15, 0.2) is 48.5 Å². The van der Waals surface area contributed by atoms with Crippen LogP contribution in [-0.4, -0.2) is 28.8 Å². The van der Waals surface area contributed by atoms with Gasteiger partial charge in [0.05, 0.1) is 6.42 Å². The van der Waals surface area contributed by atoms with Gasteiger partial charge >= 0.3 is 0 Å². The summed E-state index contributed by atoms with van der Waals surface area (Å²) in [4.78, 5) is 28.2. The molecule has 1 aliphatic rings. The number of carbonyl (C=O) groups is 2. The van der Waals surface area contributed by atoms with E-state index >= 15 is 0 Å². The molecular weight excluding hydrogens is 396 g/mol. The van der Waals surface area contributed by atoms with E-state index in [0.29, 0.717) is 18.0 Å². The third-order valence-corrected chi connectivity index (χ3v) is 6.04. The number of hydrogen-bond donors (Lipinski definition) is 1. The van der Waals surface area contributed by atoms with Gasteiger partial charge in [0.15, 0.2) is 0 Å². The maximum atomic E-state index is 13.3. The van der Waals surface area contributed by atoms with Crippen LogP contribution in [0.5, 0.6) is 0 Å². The van der Waals surface area contributed by atoms with Crippen molar-refractivity contribution >= 4 is 23.4 Å². The first kappa shape index (κ1) is 22.4. The summed E-state index contributed by atoms with van der Waals surface area (Å²) in [5.41, 5.74) is 3.04. The Morgan fingerprint density at radius 3 is 2.43 bits per heavy atom. The van der Waals surface area contributed by atoms with Crippen LogP contribution in [0.3, 0.4) is 0 Å². The lowest BCUT2D eigenvalue weighted by molar-refractivity contribution is -0.141. The Labute approximate surface area is 184 Å². The average Bonchev–Trinajstić information content (AvgIpc) is 3.22. The Morgan fingerprint density at radius 1 is 1.10 bits per heavy atom. The normalized spacial score (nSPS) is 15.0. The van der Waals surface area contributed by atoms with E-state index in [1.54, 1.807) is 11.0 Å². The molecule has 1 N–H and O–H groups in total. The minimum atomic E-state index is -0.487. The summed E-state index contributed by atoms with van der Waals surface area (Å²) < 4.78 is 0. The molecule has 0 unspecified atom stereocenters. The van der Waals surface area contributed by atoms with Crippen molar-refractivity contribution in [3.05, 3.63) is 70.2 Å². The molecule has 0 radical (unpaired) electrons. The van der Waals surface area contributed by atoms with E-state index in [9.17, 15) is 9.59 Å². The van der Waals surface area contributed by atoms with Crippen LogP contribution < -0.4 is 5.32 Å². The number of nitrogens with zero attached hydrogens (tertiary/aromatic N) is 1. The number of halogens is 1. The van der Waals surface area contributed by atoms with E-state index in [2.05, 4.69) is 5.32 Å². The minimum Gasteiger partial charge on any atom is -0.352 e. The molecule has 2 aromatic rings. The second-order valence-corrected chi connectivity index (χ2v) is 8.66. The summed E-state index contributed by atoms with van der Waals surface area (Å²) in [6.45, 7) is 4.42. The quantitative estimate of drug-likeness (QED) is 0.641. The lowest BCUT2D eigenvalue weighted by atomic mass is 10.1. The predicted molar refractivity (Wildman–Crippen MR) is 121 cm³/mol. The van der Waals surface area contributed by atoms with Gasteiger partial charge in [-0.1, -0.05) is 73.3 Å². The third-order valence-electron chi connectivity index (χ3n) is 5.81. The molecule has 0 bridgehead atoms. The van der Waals surface area contributed by atoms with Crippen LogP contribution in [0.1, 0.15) is 55.7 Å². The predicted octanol–water partition coefficient (Wildman–Crippen LogP) is 5.06.